The van der Waals surface area contributed by atoms with Gasteiger partial charge in [-0.3, -0.25) is 0 Å². The van der Waals surface area contributed by atoms with Crippen LogP contribution in [0.3, 0.4) is 0 Å². The minimum Gasteiger partial charge on any atom is -0.0917 e. The third kappa shape index (κ3) is 4.48. The first-order chi connectivity index (χ1) is 3.66. The largest absolute Gasteiger partial charge is 0.0917 e. The molecule has 0 rings (SSSR count). The van der Waals surface area contributed by atoms with Crippen molar-refractivity contribution in [2.24, 2.45) is 5.92 Å². The lowest BCUT2D eigenvalue weighted by molar-refractivity contribution is 0.658. The highest BCUT2D eigenvalue weighted by atomic mass is 35.5. The molecule has 0 spiro atoms. The Balaban J connectivity index is 3.39. The van der Waals surface area contributed by atoms with E-state index in [0.29, 0.717) is 5.92 Å². The van der Waals surface area contributed by atoms with Crippen LogP contribution in [0.4, 0.5) is 0 Å². The summed E-state index contributed by atoms with van der Waals surface area (Å²) in [5.41, 5.74) is 1.42. The maximum absolute atomic E-state index is 5.59. The van der Waals surface area contributed by atoms with E-state index in [0.717, 1.165) is 11.5 Å². The second-order valence-corrected chi connectivity index (χ2v) is 2.86. The van der Waals surface area contributed by atoms with Crippen molar-refractivity contribution >= 4 is 23.2 Å². The van der Waals surface area contributed by atoms with Crippen molar-refractivity contribution in [2.45, 2.75) is 20.3 Å². The monoisotopic (exact) mass is 152 g/mol. The zero-order valence-corrected chi connectivity index (χ0v) is 6.63. The van der Waals surface area contributed by atoms with Gasteiger partial charge < -0.3 is 0 Å². The summed E-state index contributed by atoms with van der Waals surface area (Å²) in [7, 11) is 0. The smallest absolute Gasteiger partial charge is 0.0296 e. The molecule has 0 nitrogen and oxygen atoms in total. The first kappa shape index (κ1) is 8.32. The molecule has 48 valence electrons. The molecular weight excluding hydrogens is 143 g/mol. The van der Waals surface area contributed by atoms with E-state index in [-0.39, 0.29) is 0 Å². The van der Waals surface area contributed by atoms with E-state index in [1.54, 1.807) is 0 Å². The molecule has 0 saturated carbocycles. The fourth-order valence-corrected chi connectivity index (χ4v) is 0.832. The molecule has 0 amide bonds. The number of allylic oxidation sites excluding steroid dienone is 1. The molecule has 0 heterocycles. The Morgan fingerprint density at radius 3 is 2.25 bits per heavy atom. The molecule has 2 heteroatoms. The maximum Gasteiger partial charge on any atom is 0.0296 e. The molecule has 0 atom stereocenters. The highest BCUT2D eigenvalue weighted by molar-refractivity contribution is 6.36. The van der Waals surface area contributed by atoms with Crippen LogP contribution in [-0.4, -0.2) is 0 Å². The molecule has 0 aliphatic rings. The lowest BCUT2D eigenvalue weighted by Gasteiger charge is -1.99. The van der Waals surface area contributed by atoms with Gasteiger partial charge in [-0.1, -0.05) is 37.0 Å². The molecule has 0 bridgehead atoms. The van der Waals surface area contributed by atoms with Crippen LogP contribution in [0.25, 0.3) is 0 Å². The molecular formula is C6H10Cl2. The van der Waals surface area contributed by atoms with E-state index in [4.69, 9.17) is 23.2 Å². The van der Waals surface area contributed by atoms with Gasteiger partial charge in [-0.2, -0.15) is 0 Å². The van der Waals surface area contributed by atoms with E-state index < -0.39 is 0 Å². The molecule has 0 saturated heterocycles. The van der Waals surface area contributed by atoms with Crippen LogP contribution >= 0.6 is 23.2 Å². The zero-order valence-electron chi connectivity index (χ0n) is 5.12. The highest BCUT2D eigenvalue weighted by Crippen LogP contribution is 2.14. The van der Waals surface area contributed by atoms with E-state index in [1.165, 1.54) is 5.54 Å². The first-order valence-corrected chi connectivity index (χ1v) is 3.43. The fourth-order valence-electron chi connectivity index (χ4n) is 0.435. The molecule has 0 unspecified atom stereocenters. The Morgan fingerprint density at radius 2 is 2.12 bits per heavy atom. The molecule has 0 aromatic carbocycles. The standard InChI is InChI=1S/C6H10Cl2/c1-5(2)3-6(8)4-7/h4-5H,3H2,1-2H3/b6-4+. The molecule has 0 fully saturated rings. The van der Waals surface area contributed by atoms with Gasteiger partial charge in [0.15, 0.2) is 0 Å². The van der Waals surface area contributed by atoms with E-state index in [1.807, 2.05) is 0 Å². The minimum absolute atomic E-state index is 0.595. The first-order valence-electron chi connectivity index (χ1n) is 2.61. The molecule has 0 aliphatic carbocycles. The molecule has 0 N–H and O–H groups in total. The van der Waals surface area contributed by atoms with E-state index >= 15 is 0 Å². The predicted octanol–water partition coefficient (Wildman–Crippen LogP) is 3.35. The van der Waals surface area contributed by atoms with Crippen molar-refractivity contribution in [1.82, 2.24) is 0 Å². The Labute approximate surface area is 60.5 Å². The summed E-state index contributed by atoms with van der Waals surface area (Å²) in [5, 5.41) is 0.738. The quantitative estimate of drug-likeness (QED) is 0.570. The van der Waals surface area contributed by atoms with Crippen molar-refractivity contribution < 1.29 is 0 Å². The van der Waals surface area contributed by atoms with Gasteiger partial charge >= 0.3 is 0 Å². The Morgan fingerprint density at radius 1 is 1.62 bits per heavy atom. The normalized spacial score (nSPS) is 12.9. The topological polar surface area (TPSA) is 0 Å². The molecule has 0 aromatic rings. The van der Waals surface area contributed by atoms with Crippen LogP contribution in [0.1, 0.15) is 20.3 Å². The van der Waals surface area contributed by atoms with Gasteiger partial charge in [0, 0.05) is 10.6 Å². The van der Waals surface area contributed by atoms with Gasteiger partial charge in [0.1, 0.15) is 0 Å². The van der Waals surface area contributed by atoms with Gasteiger partial charge in [-0.05, 0) is 12.3 Å². The maximum atomic E-state index is 5.59. The van der Waals surface area contributed by atoms with Gasteiger partial charge in [0.25, 0.3) is 0 Å². The van der Waals surface area contributed by atoms with Crippen LogP contribution < -0.4 is 0 Å². The average Bonchev–Trinajstić information content (AvgIpc) is 1.65. The zero-order chi connectivity index (χ0) is 6.57. The van der Waals surface area contributed by atoms with Gasteiger partial charge in [-0.25, -0.2) is 0 Å². The summed E-state index contributed by atoms with van der Waals surface area (Å²) in [6.07, 6.45) is 0.880. The lowest BCUT2D eigenvalue weighted by Crippen LogP contribution is -1.84. The van der Waals surface area contributed by atoms with E-state index in [9.17, 15) is 0 Å². The minimum atomic E-state index is 0.595. The number of halogens is 2. The van der Waals surface area contributed by atoms with Gasteiger partial charge in [0.2, 0.25) is 0 Å². The summed E-state index contributed by atoms with van der Waals surface area (Å²) < 4.78 is 0. The molecule has 0 aliphatic heterocycles. The third-order valence-corrected chi connectivity index (χ3v) is 1.36. The van der Waals surface area contributed by atoms with Gasteiger partial charge in [-0.15, -0.1) is 0 Å². The lowest BCUT2D eigenvalue weighted by atomic mass is 10.1. The average molecular weight is 153 g/mol. The summed E-state index contributed by atoms with van der Waals surface area (Å²) >= 11 is 10.9. The van der Waals surface area contributed by atoms with Crippen molar-refractivity contribution in [1.29, 1.82) is 0 Å². The summed E-state index contributed by atoms with van der Waals surface area (Å²) in [4.78, 5) is 0. The number of hydrogen-bond donors (Lipinski definition) is 0. The fraction of sp³-hybridized carbons (Fsp3) is 0.667. The van der Waals surface area contributed by atoms with Crippen LogP contribution in [0.5, 0.6) is 0 Å². The Bertz CT molecular complexity index is 84.5. The van der Waals surface area contributed by atoms with Crippen molar-refractivity contribution in [3.05, 3.63) is 10.6 Å². The number of hydrogen-bond acceptors (Lipinski definition) is 0. The van der Waals surface area contributed by atoms with Crippen molar-refractivity contribution in [3.8, 4) is 0 Å². The highest BCUT2D eigenvalue weighted by Gasteiger charge is 1.94. The number of rotatable bonds is 2. The van der Waals surface area contributed by atoms with Crippen molar-refractivity contribution in [2.75, 3.05) is 0 Å². The molecule has 8 heavy (non-hydrogen) atoms. The van der Waals surface area contributed by atoms with Crippen LogP contribution in [0.2, 0.25) is 0 Å². The molecule has 0 aromatic heterocycles. The second-order valence-electron chi connectivity index (χ2n) is 2.15. The van der Waals surface area contributed by atoms with Crippen molar-refractivity contribution in [3.63, 3.8) is 0 Å². The van der Waals surface area contributed by atoms with Gasteiger partial charge in [0.05, 0.1) is 0 Å². The SMILES string of the molecule is CC(C)C/C(Cl)=C\Cl. The Hall–Kier alpha value is 0.320. The second kappa shape index (κ2) is 4.22. The third-order valence-electron chi connectivity index (χ3n) is 0.722. The Kier molecular flexibility index (Phi) is 4.39. The molecule has 0 radical (unpaired) electrons. The van der Waals surface area contributed by atoms with Crippen LogP contribution in [0.15, 0.2) is 10.6 Å². The summed E-state index contributed by atoms with van der Waals surface area (Å²) in [5.74, 6) is 0.595. The summed E-state index contributed by atoms with van der Waals surface area (Å²) in [6.45, 7) is 4.20. The van der Waals surface area contributed by atoms with Crippen LogP contribution in [-0.2, 0) is 0 Å². The van der Waals surface area contributed by atoms with E-state index in [2.05, 4.69) is 13.8 Å². The summed E-state index contributed by atoms with van der Waals surface area (Å²) in [6, 6.07) is 0. The van der Waals surface area contributed by atoms with Crippen LogP contribution in [0, 0.1) is 5.92 Å². The predicted molar refractivity (Wildman–Crippen MR) is 39.2 cm³/mol.